The molecule has 5 nitrogen and oxygen atoms in total. The van der Waals surface area contributed by atoms with Gasteiger partial charge in [-0.05, 0) is 12.8 Å². The van der Waals surface area contributed by atoms with Crippen LogP contribution < -0.4 is 10.2 Å². The highest BCUT2D eigenvalue weighted by molar-refractivity contribution is 5.49. The number of anilines is 2. The fourth-order valence-electron chi connectivity index (χ4n) is 2.27. The van der Waals surface area contributed by atoms with E-state index in [1.54, 1.807) is 7.11 Å². The maximum absolute atomic E-state index is 5.12. The SMILES string of the molecule is CNc1cc(N2CCCCCC2)nc(COC)n1. The molecule has 0 aliphatic carbocycles. The van der Waals surface area contributed by atoms with Crippen molar-refractivity contribution < 1.29 is 4.74 Å². The summed E-state index contributed by atoms with van der Waals surface area (Å²) in [7, 11) is 3.55. The van der Waals surface area contributed by atoms with Crippen molar-refractivity contribution in [1.29, 1.82) is 0 Å². The summed E-state index contributed by atoms with van der Waals surface area (Å²) in [6.45, 7) is 2.63. The zero-order valence-corrected chi connectivity index (χ0v) is 11.3. The summed E-state index contributed by atoms with van der Waals surface area (Å²) in [5.74, 6) is 2.61. The van der Waals surface area contributed by atoms with E-state index in [-0.39, 0.29) is 0 Å². The molecule has 1 aliphatic heterocycles. The molecular formula is C13H22N4O. The molecule has 0 aromatic carbocycles. The Kier molecular flexibility index (Phi) is 4.75. The van der Waals surface area contributed by atoms with Gasteiger partial charge in [-0.1, -0.05) is 12.8 Å². The highest BCUT2D eigenvalue weighted by Crippen LogP contribution is 2.20. The first-order valence-electron chi connectivity index (χ1n) is 6.63. The van der Waals surface area contributed by atoms with Crippen molar-refractivity contribution >= 4 is 11.6 Å². The Hall–Kier alpha value is -1.36. The topological polar surface area (TPSA) is 50.3 Å². The Morgan fingerprint density at radius 3 is 2.56 bits per heavy atom. The minimum absolute atomic E-state index is 0.455. The Labute approximate surface area is 109 Å². The second-order valence-electron chi connectivity index (χ2n) is 4.61. The molecule has 2 heterocycles. The maximum atomic E-state index is 5.12. The van der Waals surface area contributed by atoms with Crippen LogP contribution in [-0.2, 0) is 11.3 Å². The van der Waals surface area contributed by atoms with E-state index in [2.05, 4.69) is 20.2 Å². The average molecular weight is 250 g/mol. The van der Waals surface area contributed by atoms with E-state index >= 15 is 0 Å². The summed E-state index contributed by atoms with van der Waals surface area (Å²) < 4.78 is 5.12. The van der Waals surface area contributed by atoms with Crippen LogP contribution in [0.3, 0.4) is 0 Å². The number of methoxy groups -OCH3 is 1. The highest BCUT2D eigenvalue weighted by atomic mass is 16.5. The van der Waals surface area contributed by atoms with E-state index in [0.29, 0.717) is 6.61 Å². The third kappa shape index (κ3) is 3.32. The standard InChI is InChI=1S/C13H22N4O/c1-14-11-9-13(16-12(15-11)10-18-2)17-7-5-3-4-6-8-17/h9H,3-8,10H2,1-2H3,(H,14,15,16). The van der Waals surface area contributed by atoms with Gasteiger partial charge in [-0.25, -0.2) is 9.97 Å². The van der Waals surface area contributed by atoms with Gasteiger partial charge in [-0.3, -0.25) is 0 Å². The quantitative estimate of drug-likeness (QED) is 0.886. The number of ether oxygens (including phenoxy) is 1. The number of rotatable bonds is 4. The van der Waals surface area contributed by atoms with Crippen molar-refractivity contribution in [2.24, 2.45) is 0 Å². The summed E-state index contributed by atoms with van der Waals surface area (Å²) in [6.07, 6.45) is 5.15. The molecule has 1 N–H and O–H groups in total. The Bertz CT molecular complexity index is 375. The molecule has 1 saturated heterocycles. The van der Waals surface area contributed by atoms with Crippen LogP contribution in [0, 0.1) is 0 Å². The molecule has 0 unspecified atom stereocenters. The van der Waals surface area contributed by atoms with Crippen LogP contribution in [0.2, 0.25) is 0 Å². The fourth-order valence-corrected chi connectivity index (χ4v) is 2.27. The van der Waals surface area contributed by atoms with Gasteiger partial charge < -0.3 is 15.0 Å². The van der Waals surface area contributed by atoms with E-state index < -0.39 is 0 Å². The molecular weight excluding hydrogens is 228 g/mol. The molecule has 1 fully saturated rings. The first kappa shape index (κ1) is 13.1. The van der Waals surface area contributed by atoms with Crippen LogP contribution in [0.25, 0.3) is 0 Å². The van der Waals surface area contributed by atoms with Crippen molar-refractivity contribution in [3.63, 3.8) is 0 Å². The lowest BCUT2D eigenvalue weighted by atomic mass is 10.2. The summed E-state index contributed by atoms with van der Waals surface area (Å²) >= 11 is 0. The minimum Gasteiger partial charge on any atom is -0.377 e. The van der Waals surface area contributed by atoms with Crippen molar-refractivity contribution in [2.45, 2.75) is 32.3 Å². The molecule has 100 valence electrons. The van der Waals surface area contributed by atoms with E-state index in [0.717, 1.165) is 30.5 Å². The van der Waals surface area contributed by atoms with E-state index in [9.17, 15) is 0 Å². The first-order chi connectivity index (χ1) is 8.83. The van der Waals surface area contributed by atoms with Gasteiger partial charge in [0.15, 0.2) is 5.82 Å². The van der Waals surface area contributed by atoms with E-state index in [1.807, 2.05) is 13.1 Å². The third-order valence-corrected chi connectivity index (χ3v) is 3.22. The van der Waals surface area contributed by atoms with Crippen LogP contribution in [0.4, 0.5) is 11.6 Å². The smallest absolute Gasteiger partial charge is 0.158 e. The minimum atomic E-state index is 0.455. The fraction of sp³-hybridized carbons (Fsp3) is 0.692. The Morgan fingerprint density at radius 2 is 1.94 bits per heavy atom. The van der Waals surface area contributed by atoms with Gasteiger partial charge in [0.25, 0.3) is 0 Å². The number of nitrogens with one attached hydrogen (secondary N) is 1. The van der Waals surface area contributed by atoms with Gasteiger partial charge in [0, 0.05) is 33.3 Å². The van der Waals surface area contributed by atoms with Crippen LogP contribution in [-0.4, -0.2) is 37.2 Å². The van der Waals surface area contributed by atoms with Gasteiger partial charge in [0.1, 0.15) is 18.2 Å². The van der Waals surface area contributed by atoms with Crippen LogP contribution in [0.15, 0.2) is 6.07 Å². The normalized spacial score (nSPS) is 16.4. The molecule has 0 spiro atoms. The third-order valence-electron chi connectivity index (χ3n) is 3.22. The molecule has 0 atom stereocenters. The van der Waals surface area contributed by atoms with Gasteiger partial charge in [-0.2, -0.15) is 0 Å². The monoisotopic (exact) mass is 250 g/mol. The largest absolute Gasteiger partial charge is 0.377 e. The second-order valence-corrected chi connectivity index (χ2v) is 4.61. The predicted molar refractivity (Wildman–Crippen MR) is 73.0 cm³/mol. The maximum Gasteiger partial charge on any atom is 0.158 e. The van der Waals surface area contributed by atoms with Crippen molar-refractivity contribution in [3.8, 4) is 0 Å². The van der Waals surface area contributed by atoms with Crippen LogP contribution in [0.5, 0.6) is 0 Å². The Balaban J connectivity index is 2.21. The summed E-state index contributed by atoms with van der Waals surface area (Å²) in [4.78, 5) is 11.3. The average Bonchev–Trinajstić information content (AvgIpc) is 2.67. The van der Waals surface area contributed by atoms with Crippen LogP contribution >= 0.6 is 0 Å². The molecule has 0 amide bonds. The van der Waals surface area contributed by atoms with Gasteiger partial charge in [0.2, 0.25) is 0 Å². The lowest BCUT2D eigenvalue weighted by Gasteiger charge is -2.22. The van der Waals surface area contributed by atoms with E-state index in [1.165, 1.54) is 25.7 Å². The van der Waals surface area contributed by atoms with Gasteiger partial charge >= 0.3 is 0 Å². The lowest BCUT2D eigenvalue weighted by Crippen LogP contribution is -2.25. The molecule has 2 rings (SSSR count). The highest BCUT2D eigenvalue weighted by Gasteiger charge is 2.13. The molecule has 0 saturated carbocycles. The molecule has 1 aromatic heterocycles. The molecule has 1 aliphatic rings. The summed E-state index contributed by atoms with van der Waals surface area (Å²) in [5, 5.41) is 3.09. The zero-order chi connectivity index (χ0) is 12.8. The molecule has 0 bridgehead atoms. The van der Waals surface area contributed by atoms with Crippen molar-refractivity contribution in [3.05, 3.63) is 11.9 Å². The van der Waals surface area contributed by atoms with Crippen molar-refractivity contribution in [2.75, 3.05) is 37.5 Å². The summed E-state index contributed by atoms with van der Waals surface area (Å²) in [6, 6.07) is 2.02. The first-order valence-corrected chi connectivity index (χ1v) is 6.63. The molecule has 5 heteroatoms. The zero-order valence-electron chi connectivity index (χ0n) is 11.3. The van der Waals surface area contributed by atoms with Gasteiger partial charge in [-0.15, -0.1) is 0 Å². The molecule has 18 heavy (non-hydrogen) atoms. The Morgan fingerprint density at radius 1 is 1.22 bits per heavy atom. The van der Waals surface area contributed by atoms with Crippen LogP contribution in [0.1, 0.15) is 31.5 Å². The number of hydrogen-bond donors (Lipinski definition) is 1. The predicted octanol–water partition coefficient (Wildman–Crippen LogP) is 2.05. The number of nitrogens with zero attached hydrogens (tertiary/aromatic N) is 3. The van der Waals surface area contributed by atoms with Gasteiger partial charge in [0.05, 0.1) is 0 Å². The van der Waals surface area contributed by atoms with Crippen molar-refractivity contribution in [1.82, 2.24) is 9.97 Å². The number of hydrogen-bond acceptors (Lipinski definition) is 5. The van der Waals surface area contributed by atoms with E-state index in [4.69, 9.17) is 4.74 Å². The summed E-state index contributed by atoms with van der Waals surface area (Å²) in [5.41, 5.74) is 0. The second kappa shape index (κ2) is 6.54. The molecule has 0 radical (unpaired) electrons. The molecule has 1 aromatic rings. The number of aromatic nitrogens is 2. The lowest BCUT2D eigenvalue weighted by molar-refractivity contribution is 0.178.